The van der Waals surface area contributed by atoms with Gasteiger partial charge in [-0.2, -0.15) is 11.8 Å². The number of thioether (sulfide) groups is 1. The summed E-state index contributed by atoms with van der Waals surface area (Å²) in [6.45, 7) is 0.523. The maximum atomic E-state index is 13.5. The molecular weight excluding hydrogens is 349 g/mol. The molecule has 0 saturated carbocycles. The Morgan fingerprint density at radius 3 is 3.00 bits per heavy atom. The van der Waals surface area contributed by atoms with Crippen molar-refractivity contribution in [1.29, 1.82) is 0 Å². The fourth-order valence-electron chi connectivity index (χ4n) is 2.52. The van der Waals surface area contributed by atoms with E-state index in [9.17, 15) is 9.18 Å². The lowest BCUT2D eigenvalue weighted by molar-refractivity contribution is -0.127. The fourth-order valence-corrected chi connectivity index (χ4v) is 3.56. The number of carbonyl (C=O) groups excluding carboxylic acids is 1. The smallest absolute Gasteiger partial charge is 0.261 e. The average Bonchev–Trinajstić information content (AvgIpc) is 2.99. The Balaban J connectivity index is 1.39. The van der Waals surface area contributed by atoms with Gasteiger partial charge >= 0.3 is 0 Å². The van der Waals surface area contributed by atoms with Crippen molar-refractivity contribution in [2.75, 3.05) is 12.3 Å². The largest absolute Gasteiger partial charge is 0.480 e. The Labute approximate surface area is 149 Å². The van der Waals surface area contributed by atoms with Crippen LogP contribution in [-0.4, -0.2) is 24.3 Å². The van der Waals surface area contributed by atoms with Crippen molar-refractivity contribution >= 4 is 29.3 Å². The summed E-state index contributed by atoms with van der Waals surface area (Å²) in [6.07, 6.45) is 0.0272. The first-order valence-corrected chi connectivity index (χ1v) is 9.20. The van der Waals surface area contributed by atoms with Crippen LogP contribution >= 0.6 is 23.4 Å². The predicted octanol–water partition coefficient (Wildman–Crippen LogP) is 3.83. The first-order valence-electron chi connectivity index (χ1n) is 7.67. The van der Waals surface area contributed by atoms with Gasteiger partial charge in [-0.05, 0) is 35.4 Å². The Morgan fingerprint density at radius 2 is 2.17 bits per heavy atom. The molecule has 3 rings (SSSR count). The minimum absolute atomic E-state index is 0.131. The number of hydrogen-bond acceptors (Lipinski definition) is 3. The molecule has 1 N–H and O–H groups in total. The van der Waals surface area contributed by atoms with E-state index in [1.54, 1.807) is 36.0 Å². The highest BCUT2D eigenvalue weighted by Gasteiger charge is 2.28. The SMILES string of the molecule is O=C(NCCSCc1ccccc1F)[C@H]1Cc2cc(Cl)ccc2O1. The molecule has 1 aliphatic heterocycles. The van der Waals surface area contributed by atoms with Crippen LogP contribution in [0.1, 0.15) is 11.1 Å². The number of hydrogen-bond donors (Lipinski definition) is 1. The van der Waals surface area contributed by atoms with Gasteiger partial charge in [0.2, 0.25) is 0 Å². The first-order chi connectivity index (χ1) is 11.6. The van der Waals surface area contributed by atoms with Gasteiger partial charge in [-0.3, -0.25) is 4.79 Å². The van der Waals surface area contributed by atoms with E-state index in [1.165, 1.54) is 6.07 Å². The van der Waals surface area contributed by atoms with E-state index in [0.29, 0.717) is 40.8 Å². The monoisotopic (exact) mass is 365 g/mol. The van der Waals surface area contributed by atoms with Gasteiger partial charge in [0.1, 0.15) is 11.6 Å². The van der Waals surface area contributed by atoms with Crippen molar-refractivity contribution in [3.8, 4) is 5.75 Å². The number of ether oxygens (including phenoxy) is 1. The maximum Gasteiger partial charge on any atom is 0.261 e. The van der Waals surface area contributed by atoms with E-state index < -0.39 is 6.10 Å². The fraction of sp³-hybridized carbons (Fsp3) is 0.278. The van der Waals surface area contributed by atoms with Crippen LogP contribution in [0.5, 0.6) is 5.75 Å². The van der Waals surface area contributed by atoms with Crippen LogP contribution in [0.15, 0.2) is 42.5 Å². The molecule has 3 nitrogen and oxygen atoms in total. The second kappa shape index (κ2) is 7.90. The lowest BCUT2D eigenvalue weighted by Crippen LogP contribution is -2.38. The number of halogens is 2. The molecule has 0 aliphatic carbocycles. The van der Waals surface area contributed by atoms with E-state index in [-0.39, 0.29) is 11.7 Å². The highest BCUT2D eigenvalue weighted by atomic mass is 35.5. The molecule has 6 heteroatoms. The van der Waals surface area contributed by atoms with Crippen molar-refractivity contribution in [1.82, 2.24) is 5.32 Å². The molecule has 0 radical (unpaired) electrons. The minimum Gasteiger partial charge on any atom is -0.480 e. The number of benzene rings is 2. The quantitative estimate of drug-likeness (QED) is 0.790. The lowest BCUT2D eigenvalue weighted by Gasteiger charge is -2.11. The van der Waals surface area contributed by atoms with Crippen LogP contribution in [0.25, 0.3) is 0 Å². The van der Waals surface area contributed by atoms with Gasteiger partial charge < -0.3 is 10.1 Å². The van der Waals surface area contributed by atoms with Crippen LogP contribution in [0.3, 0.4) is 0 Å². The van der Waals surface area contributed by atoms with Crippen molar-refractivity contribution in [3.05, 3.63) is 64.4 Å². The summed E-state index contributed by atoms with van der Waals surface area (Å²) >= 11 is 7.53. The molecule has 0 fully saturated rings. The molecule has 1 atom stereocenters. The highest BCUT2D eigenvalue weighted by Crippen LogP contribution is 2.31. The molecule has 1 heterocycles. The Kier molecular flexibility index (Phi) is 5.63. The van der Waals surface area contributed by atoms with E-state index in [0.717, 1.165) is 5.56 Å². The second-order valence-electron chi connectivity index (χ2n) is 5.50. The molecule has 0 saturated heterocycles. The van der Waals surface area contributed by atoms with Gasteiger partial charge in [0.25, 0.3) is 5.91 Å². The molecule has 0 spiro atoms. The van der Waals surface area contributed by atoms with Crippen LogP contribution in [0, 0.1) is 5.82 Å². The van der Waals surface area contributed by atoms with Gasteiger partial charge in [-0.1, -0.05) is 29.8 Å². The molecule has 24 heavy (non-hydrogen) atoms. The molecular formula is C18H17ClFNO2S. The molecule has 2 aromatic carbocycles. The normalized spacial score (nSPS) is 15.7. The summed E-state index contributed by atoms with van der Waals surface area (Å²) in [5.74, 6) is 1.70. The topological polar surface area (TPSA) is 38.3 Å². The van der Waals surface area contributed by atoms with Gasteiger partial charge in [-0.15, -0.1) is 0 Å². The van der Waals surface area contributed by atoms with E-state index in [1.807, 2.05) is 12.1 Å². The summed E-state index contributed by atoms with van der Waals surface area (Å²) in [5.41, 5.74) is 1.64. The van der Waals surface area contributed by atoms with Gasteiger partial charge in [0, 0.05) is 29.5 Å². The van der Waals surface area contributed by atoms with E-state index >= 15 is 0 Å². The Hall–Kier alpha value is -1.72. The number of nitrogens with one attached hydrogen (secondary N) is 1. The van der Waals surface area contributed by atoms with Crippen molar-refractivity contribution < 1.29 is 13.9 Å². The summed E-state index contributed by atoms with van der Waals surface area (Å²) in [6, 6.07) is 12.1. The van der Waals surface area contributed by atoms with Crippen LogP contribution in [0.2, 0.25) is 5.02 Å². The van der Waals surface area contributed by atoms with Crippen LogP contribution < -0.4 is 10.1 Å². The average molecular weight is 366 g/mol. The first kappa shape index (κ1) is 17.1. The number of carbonyl (C=O) groups is 1. The molecule has 0 bridgehead atoms. The third kappa shape index (κ3) is 4.22. The second-order valence-corrected chi connectivity index (χ2v) is 7.04. The Morgan fingerprint density at radius 1 is 1.33 bits per heavy atom. The summed E-state index contributed by atoms with van der Waals surface area (Å²) in [5, 5.41) is 3.51. The van der Waals surface area contributed by atoms with Gasteiger partial charge in [-0.25, -0.2) is 4.39 Å². The Bertz CT molecular complexity index is 741. The molecule has 0 aromatic heterocycles. The van der Waals surface area contributed by atoms with Crippen molar-refractivity contribution in [3.63, 3.8) is 0 Å². The standard InChI is InChI=1S/C18H17ClFNO2S/c19-14-5-6-16-13(9-14)10-17(23-16)18(22)21-7-8-24-11-12-3-1-2-4-15(12)20/h1-6,9,17H,7-8,10-11H2,(H,21,22)/t17-/m1/s1. The van der Waals surface area contributed by atoms with Crippen LogP contribution in [0.4, 0.5) is 4.39 Å². The van der Waals surface area contributed by atoms with Crippen molar-refractivity contribution in [2.45, 2.75) is 18.3 Å². The zero-order valence-corrected chi connectivity index (χ0v) is 14.5. The lowest BCUT2D eigenvalue weighted by atomic mass is 10.1. The van der Waals surface area contributed by atoms with E-state index in [2.05, 4.69) is 5.32 Å². The predicted molar refractivity (Wildman–Crippen MR) is 95.1 cm³/mol. The maximum absolute atomic E-state index is 13.5. The number of fused-ring (bicyclic) bond motifs is 1. The molecule has 2 aromatic rings. The zero-order chi connectivity index (χ0) is 16.9. The molecule has 0 unspecified atom stereocenters. The minimum atomic E-state index is -0.505. The third-order valence-electron chi connectivity index (χ3n) is 3.75. The van der Waals surface area contributed by atoms with Gasteiger partial charge in [0.05, 0.1) is 0 Å². The van der Waals surface area contributed by atoms with Crippen LogP contribution in [-0.2, 0) is 17.0 Å². The van der Waals surface area contributed by atoms with E-state index in [4.69, 9.17) is 16.3 Å². The van der Waals surface area contributed by atoms with Gasteiger partial charge in [0.15, 0.2) is 6.10 Å². The van der Waals surface area contributed by atoms with Crippen molar-refractivity contribution in [2.24, 2.45) is 0 Å². The zero-order valence-electron chi connectivity index (χ0n) is 12.9. The summed E-state index contributed by atoms with van der Waals surface area (Å²) in [4.78, 5) is 12.1. The summed E-state index contributed by atoms with van der Waals surface area (Å²) in [7, 11) is 0. The number of rotatable bonds is 6. The molecule has 126 valence electrons. The molecule has 1 aliphatic rings. The highest BCUT2D eigenvalue weighted by molar-refractivity contribution is 7.98. The summed E-state index contributed by atoms with van der Waals surface area (Å²) < 4.78 is 19.1. The third-order valence-corrected chi connectivity index (χ3v) is 4.99. The molecule has 1 amide bonds. The number of amides is 1.